The molecule has 4 aromatic heterocycles. The average Bonchev–Trinajstić information content (AvgIpc) is 3.50. The van der Waals surface area contributed by atoms with E-state index < -0.39 is 0 Å². The van der Waals surface area contributed by atoms with Gasteiger partial charge in [0.25, 0.3) is 5.91 Å². The number of rotatable bonds is 10. The van der Waals surface area contributed by atoms with Crippen LogP contribution >= 0.6 is 0 Å². The van der Waals surface area contributed by atoms with Crippen molar-refractivity contribution in [3.8, 4) is 22.8 Å². The van der Waals surface area contributed by atoms with E-state index in [1.807, 2.05) is 18.2 Å². The number of methoxy groups -OCH3 is 1. The fraction of sp³-hybridized carbons (Fsp3) is 0.227. The number of pyridine rings is 2. The molecule has 0 saturated heterocycles. The highest BCUT2D eigenvalue weighted by molar-refractivity contribution is 6.04. The van der Waals surface area contributed by atoms with E-state index >= 15 is 0 Å². The third-order valence-electron chi connectivity index (χ3n) is 4.56. The van der Waals surface area contributed by atoms with Crippen molar-refractivity contribution in [2.24, 2.45) is 0 Å². The molecule has 0 aliphatic carbocycles. The molecule has 4 aromatic rings. The molecule has 4 heterocycles. The first-order valence-electron chi connectivity index (χ1n) is 10.1. The predicted molar refractivity (Wildman–Crippen MR) is 118 cm³/mol. The van der Waals surface area contributed by atoms with Crippen LogP contribution in [0.1, 0.15) is 10.5 Å². The Bertz CT molecular complexity index is 1140. The quantitative estimate of drug-likeness (QED) is 0.369. The fourth-order valence-corrected chi connectivity index (χ4v) is 3.01. The molecule has 4 rings (SSSR count). The normalized spacial score (nSPS) is 10.9. The van der Waals surface area contributed by atoms with Crippen molar-refractivity contribution in [2.75, 3.05) is 32.2 Å². The Morgan fingerprint density at radius 1 is 1.06 bits per heavy atom. The van der Waals surface area contributed by atoms with Gasteiger partial charge >= 0.3 is 0 Å². The molecule has 0 aliphatic rings. The number of carbonyl (C=O) groups is 1. The third-order valence-corrected chi connectivity index (χ3v) is 4.56. The van der Waals surface area contributed by atoms with Crippen molar-refractivity contribution in [1.82, 2.24) is 29.9 Å². The Labute approximate surface area is 184 Å². The van der Waals surface area contributed by atoms with Crippen LogP contribution in [-0.2, 0) is 16.0 Å². The Morgan fingerprint density at radius 2 is 1.97 bits per heavy atom. The molecular formula is C22H23N7O3. The molecule has 1 amide bonds. The molecule has 0 aliphatic heterocycles. The van der Waals surface area contributed by atoms with Gasteiger partial charge in [-0.1, -0.05) is 12.1 Å². The first-order valence-corrected chi connectivity index (χ1v) is 10.1. The van der Waals surface area contributed by atoms with Crippen molar-refractivity contribution in [3.63, 3.8) is 0 Å². The monoisotopic (exact) mass is 433 g/mol. The number of amides is 1. The summed E-state index contributed by atoms with van der Waals surface area (Å²) in [6.07, 6.45) is 5.15. The van der Waals surface area contributed by atoms with Gasteiger partial charge in [0.1, 0.15) is 17.1 Å². The molecule has 2 N–H and O–H groups in total. The van der Waals surface area contributed by atoms with E-state index in [0.717, 1.165) is 0 Å². The minimum Gasteiger partial charge on any atom is -0.382 e. The minimum absolute atomic E-state index is 0.271. The number of hydrogen-bond acceptors (Lipinski definition) is 7. The predicted octanol–water partition coefficient (Wildman–Crippen LogP) is 2.65. The smallest absolute Gasteiger partial charge is 0.274 e. The van der Waals surface area contributed by atoms with E-state index in [1.165, 1.54) is 0 Å². The SMILES string of the molecule is COCCOCCn1cc(NC(=O)c2cccc(-c3cc[nH]n3)n2)c(-c2ccccn2)n1. The largest absolute Gasteiger partial charge is 0.382 e. The van der Waals surface area contributed by atoms with Crippen LogP contribution in [-0.4, -0.2) is 62.8 Å². The number of nitrogens with one attached hydrogen (secondary N) is 2. The molecular weight excluding hydrogens is 410 g/mol. The number of carbonyl (C=O) groups excluding carboxylic acids is 1. The Kier molecular flexibility index (Phi) is 6.95. The van der Waals surface area contributed by atoms with Crippen molar-refractivity contribution < 1.29 is 14.3 Å². The van der Waals surface area contributed by atoms with E-state index in [9.17, 15) is 4.79 Å². The van der Waals surface area contributed by atoms with E-state index in [1.54, 1.807) is 54.6 Å². The van der Waals surface area contributed by atoms with Gasteiger partial charge in [0.05, 0.1) is 43.4 Å². The first-order chi connectivity index (χ1) is 15.7. The lowest BCUT2D eigenvalue weighted by Crippen LogP contribution is -2.14. The van der Waals surface area contributed by atoms with Crippen LogP contribution in [0.3, 0.4) is 0 Å². The number of hydrogen-bond donors (Lipinski definition) is 2. The Hall–Kier alpha value is -3.89. The zero-order valence-electron chi connectivity index (χ0n) is 17.6. The number of nitrogens with zero attached hydrogens (tertiary/aromatic N) is 5. The van der Waals surface area contributed by atoms with Crippen LogP contribution in [0, 0.1) is 0 Å². The maximum Gasteiger partial charge on any atom is 0.274 e. The van der Waals surface area contributed by atoms with Gasteiger partial charge < -0.3 is 14.8 Å². The van der Waals surface area contributed by atoms with Crippen LogP contribution in [0.4, 0.5) is 5.69 Å². The molecule has 0 atom stereocenters. The molecule has 0 unspecified atom stereocenters. The van der Waals surface area contributed by atoms with Crippen LogP contribution in [0.25, 0.3) is 22.8 Å². The summed E-state index contributed by atoms with van der Waals surface area (Å²) in [6.45, 7) is 2.02. The van der Waals surface area contributed by atoms with E-state index in [2.05, 4.69) is 30.6 Å². The van der Waals surface area contributed by atoms with E-state index in [-0.39, 0.29) is 11.6 Å². The minimum atomic E-state index is -0.351. The van der Waals surface area contributed by atoms with Gasteiger partial charge in [0.15, 0.2) is 0 Å². The lowest BCUT2D eigenvalue weighted by molar-refractivity contribution is 0.0654. The molecule has 164 valence electrons. The number of anilines is 1. The molecule has 32 heavy (non-hydrogen) atoms. The second-order valence-corrected chi connectivity index (χ2v) is 6.80. The number of H-pyrrole nitrogens is 1. The molecule has 0 spiro atoms. The van der Waals surface area contributed by atoms with Gasteiger partial charge in [-0.05, 0) is 30.3 Å². The van der Waals surface area contributed by atoms with Gasteiger partial charge in [-0.25, -0.2) is 4.98 Å². The topological polar surface area (TPSA) is 120 Å². The van der Waals surface area contributed by atoms with Crippen molar-refractivity contribution in [2.45, 2.75) is 6.54 Å². The van der Waals surface area contributed by atoms with E-state index in [0.29, 0.717) is 54.8 Å². The average molecular weight is 433 g/mol. The summed E-state index contributed by atoms with van der Waals surface area (Å²) in [5, 5.41) is 14.4. The van der Waals surface area contributed by atoms with Gasteiger partial charge in [0, 0.05) is 25.7 Å². The van der Waals surface area contributed by atoms with Crippen LogP contribution in [0.15, 0.2) is 61.1 Å². The molecule has 0 aromatic carbocycles. The number of aromatic amines is 1. The summed E-state index contributed by atoms with van der Waals surface area (Å²) in [5.74, 6) is -0.351. The van der Waals surface area contributed by atoms with Crippen molar-refractivity contribution in [3.05, 3.63) is 66.7 Å². The fourth-order valence-electron chi connectivity index (χ4n) is 3.01. The van der Waals surface area contributed by atoms with Gasteiger partial charge in [-0.2, -0.15) is 10.2 Å². The maximum atomic E-state index is 13.0. The zero-order valence-corrected chi connectivity index (χ0v) is 17.6. The zero-order chi connectivity index (χ0) is 22.2. The molecule has 10 heteroatoms. The summed E-state index contributed by atoms with van der Waals surface area (Å²) in [5.41, 5.74) is 3.30. The summed E-state index contributed by atoms with van der Waals surface area (Å²) in [6, 6.07) is 12.6. The molecule has 0 radical (unpaired) electrons. The van der Waals surface area contributed by atoms with Gasteiger partial charge in [-0.15, -0.1) is 0 Å². The molecule has 0 saturated carbocycles. The van der Waals surface area contributed by atoms with Crippen molar-refractivity contribution in [1.29, 1.82) is 0 Å². The second-order valence-electron chi connectivity index (χ2n) is 6.80. The highest BCUT2D eigenvalue weighted by Gasteiger charge is 2.17. The Balaban J connectivity index is 1.54. The maximum absolute atomic E-state index is 13.0. The van der Waals surface area contributed by atoms with Crippen LogP contribution < -0.4 is 5.32 Å². The summed E-state index contributed by atoms with van der Waals surface area (Å²) in [7, 11) is 1.63. The van der Waals surface area contributed by atoms with Gasteiger partial charge in [0.2, 0.25) is 0 Å². The summed E-state index contributed by atoms with van der Waals surface area (Å²) >= 11 is 0. The highest BCUT2D eigenvalue weighted by atomic mass is 16.5. The van der Waals surface area contributed by atoms with Crippen molar-refractivity contribution >= 4 is 11.6 Å². The summed E-state index contributed by atoms with van der Waals surface area (Å²) in [4.78, 5) is 21.8. The number of aromatic nitrogens is 6. The molecule has 0 bridgehead atoms. The third kappa shape index (κ3) is 5.23. The van der Waals surface area contributed by atoms with Crippen LogP contribution in [0.5, 0.6) is 0 Å². The highest BCUT2D eigenvalue weighted by Crippen LogP contribution is 2.25. The van der Waals surface area contributed by atoms with Gasteiger partial charge in [-0.3, -0.25) is 19.6 Å². The number of ether oxygens (including phenoxy) is 2. The lowest BCUT2D eigenvalue weighted by Gasteiger charge is -2.05. The first kappa shape index (κ1) is 21.3. The standard InChI is InChI=1S/C22H23N7O3/c1-31-13-14-32-12-11-29-15-20(21(28-29)18-5-2-3-9-23-18)26-22(30)19-7-4-6-16(25-19)17-8-10-24-27-17/h2-10,15H,11-14H2,1H3,(H,24,27)(H,26,30). The molecule has 0 fully saturated rings. The van der Waals surface area contributed by atoms with E-state index in [4.69, 9.17) is 9.47 Å². The summed E-state index contributed by atoms with van der Waals surface area (Å²) < 4.78 is 12.2. The lowest BCUT2D eigenvalue weighted by atomic mass is 10.2. The second kappa shape index (κ2) is 10.4. The molecule has 10 nitrogen and oxygen atoms in total. The Morgan fingerprint density at radius 3 is 2.75 bits per heavy atom. The van der Waals surface area contributed by atoms with Crippen LogP contribution in [0.2, 0.25) is 0 Å².